The van der Waals surface area contributed by atoms with E-state index >= 15 is 0 Å². The highest BCUT2D eigenvalue weighted by molar-refractivity contribution is 7.22. The van der Waals surface area contributed by atoms with Crippen molar-refractivity contribution in [2.45, 2.75) is 6.92 Å². The second-order valence-corrected chi connectivity index (χ2v) is 4.23. The lowest BCUT2D eigenvalue weighted by Gasteiger charge is -1.95. The van der Waals surface area contributed by atoms with Crippen LogP contribution in [0.25, 0.3) is 10.2 Å². The van der Waals surface area contributed by atoms with Gasteiger partial charge in [-0.1, -0.05) is 22.9 Å². The van der Waals surface area contributed by atoms with Crippen molar-refractivity contribution in [3.05, 3.63) is 22.7 Å². The fraction of sp³-hybridized carbons (Fsp3) is 0.222. The average molecular weight is 213 g/mol. The number of halogens is 1. The molecule has 4 heteroatoms. The van der Waals surface area contributed by atoms with Crippen molar-refractivity contribution < 1.29 is 0 Å². The zero-order valence-corrected chi connectivity index (χ0v) is 8.96. The predicted molar refractivity (Wildman–Crippen MR) is 58.9 cm³/mol. The molecule has 0 amide bonds. The first kappa shape index (κ1) is 8.78. The molecular formula is C9H9ClN2S. The largest absolute Gasteiger partial charge is 0.365 e. The van der Waals surface area contributed by atoms with Gasteiger partial charge >= 0.3 is 0 Å². The van der Waals surface area contributed by atoms with E-state index in [0.29, 0.717) is 0 Å². The number of hydrogen-bond donors (Lipinski definition) is 1. The summed E-state index contributed by atoms with van der Waals surface area (Å²) in [6, 6.07) is 3.92. The average Bonchev–Trinajstić information content (AvgIpc) is 2.55. The Kier molecular flexibility index (Phi) is 2.14. The lowest BCUT2D eigenvalue weighted by Crippen LogP contribution is -1.85. The number of anilines is 1. The molecule has 0 fully saturated rings. The normalized spacial score (nSPS) is 10.7. The van der Waals surface area contributed by atoms with E-state index in [1.165, 1.54) is 4.70 Å². The maximum atomic E-state index is 5.98. The number of nitrogens with zero attached hydrogens (tertiary/aromatic N) is 1. The Morgan fingerprint density at radius 3 is 2.92 bits per heavy atom. The standard InChI is InChI=1S/C9H9ClN2S/c1-5-6(10)3-4-7-8(5)12-9(11-2)13-7/h3-4H,1-2H3,(H,11,12). The van der Waals surface area contributed by atoms with Crippen molar-refractivity contribution in [3.8, 4) is 0 Å². The smallest absolute Gasteiger partial charge is 0.183 e. The number of thiazole rings is 1. The van der Waals surface area contributed by atoms with E-state index in [9.17, 15) is 0 Å². The summed E-state index contributed by atoms with van der Waals surface area (Å²) in [6.45, 7) is 1.99. The maximum absolute atomic E-state index is 5.98. The van der Waals surface area contributed by atoms with Crippen LogP contribution >= 0.6 is 22.9 Å². The number of nitrogens with one attached hydrogen (secondary N) is 1. The second kappa shape index (κ2) is 3.16. The van der Waals surface area contributed by atoms with Gasteiger partial charge in [-0.15, -0.1) is 0 Å². The van der Waals surface area contributed by atoms with Gasteiger partial charge < -0.3 is 5.32 Å². The molecule has 2 nitrogen and oxygen atoms in total. The molecule has 1 aromatic heterocycles. The minimum absolute atomic E-state index is 0.778. The van der Waals surface area contributed by atoms with Gasteiger partial charge in [-0.25, -0.2) is 4.98 Å². The Labute approximate surface area is 85.6 Å². The molecule has 68 valence electrons. The van der Waals surface area contributed by atoms with Gasteiger partial charge in [-0.05, 0) is 24.6 Å². The summed E-state index contributed by atoms with van der Waals surface area (Å²) in [4.78, 5) is 4.41. The summed E-state index contributed by atoms with van der Waals surface area (Å²) in [6.07, 6.45) is 0. The minimum atomic E-state index is 0.778. The molecule has 0 spiro atoms. The summed E-state index contributed by atoms with van der Waals surface area (Å²) in [5.74, 6) is 0. The molecule has 0 aliphatic rings. The predicted octanol–water partition coefficient (Wildman–Crippen LogP) is 3.30. The van der Waals surface area contributed by atoms with Crippen molar-refractivity contribution in [1.82, 2.24) is 4.98 Å². The molecule has 13 heavy (non-hydrogen) atoms. The van der Waals surface area contributed by atoms with Crippen LogP contribution in [0.3, 0.4) is 0 Å². The Hall–Kier alpha value is -0.800. The number of rotatable bonds is 1. The zero-order chi connectivity index (χ0) is 9.42. The highest BCUT2D eigenvalue weighted by Crippen LogP contribution is 2.31. The quantitative estimate of drug-likeness (QED) is 0.785. The first-order chi connectivity index (χ1) is 6.22. The van der Waals surface area contributed by atoms with Crippen LogP contribution in [-0.2, 0) is 0 Å². The lowest BCUT2D eigenvalue weighted by atomic mass is 10.2. The molecule has 1 heterocycles. The van der Waals surface area contributed by atoms with Crippen LogP contribution < -0.4 is 5.32 Å². The van der Waals surface area contributed by atoms with Crippen LogP contribution in [0.5, 0.6) is 0 Å². The van der Waals surface area contributed by atoms with Crippen molar-refractivity contribution in [1.29, 1.82) is 0 Å². The SMILES string of the molecule is CNc1nc2c(C)c(Cl)ccc2s1. The van der Waals surface area contributed by atoms with Gasteiger partial charge in [0, 0.05) is 12.1 Å². The molecule has 0 radical (unpaired) electrons. The third-order valence-corrected chi connectivity index (χ3v) is 3.41. The van der Waals surface area contributed by atoms with Crippen LogP contribution in [-0.4, -0.2) is 12.0 Å². The first-order valence-corrected chi connectivity index (χ1v) is 5.15. The van der Waals surface area contributed by atoms with Gasteiger partial charge in [0.25, 0.3) is 0 Å². The summed E-state index contributed by atoms with van der Waals surface area (Å²) >= 11 is 7.62. The van der Waals surface area contributed by atoms with E-state index < -0.39 is 0 Å². The number of hydrogen-bond acceptors (Lipinski definition) is 3. The lowest BCUT2D eigenvalue weighted by molar-refractivity contribution is 1.38. The highest BCUT2D eigenvalue weighted by atomic mass is 35.5. The van der Waals surface area contributed by atoms with Crippen LogP contribution in [0.4, 0.5) is 5.13 Å². The van der Waals surface area contributed by atoms with Crippen LogP contribution in [0, 0.1) is 6.92 Å². The first-order valence-electron chi connectivity index (χ1n) is 3.96. The third kappa shape index (κ3) is 1.38. The molecule has 0 saturated heterocycles. The van der Waals surface area contributed by atoms with Gasteiger partial charge in [-0.2, -0.15) is 0 Å². The van der Waals surface area contributed by atoms with Gasteiger partial charge in [0.15, 0.2) is 5.13 Å². The van der Waals surface area contributed by atoms with Gasteiger partial charge in [0.05, 0.1) is 10.2 Å². The Balaban J connectivity index is 2.76. The molecule has 0 bridgehead atoms. The maximum Gasteiger partial charge on any atom is 0.183 e. The second-order valence-electron chi connectivity index (χ2n) is 2.79. The van der Waals surface area contributed by atoms with Crippen LogP contribution in [0.2, 0.25) is 5.02 Å². The highest BCUT2D eigenvalue weighted by Gasteiger charge is 2.06. The Morgan fingerprint density at radius 1 is 1.46 bits per heavy atom. The summed E-state index contributed by atoms with van der Waals surface area (Å²) in [5, 5.41) is 4.74. The van der Waals surface area contributed by atoms with Crippen molar-refractivity contribution in [3.63, 3.8) is 0 Å². The Morgan fingerprint density at radius 2 is 2.23 bits per heavy atom. The molecule has 2 rings (SSSR count). The van der Waals surface area contributed by atoms with Gasteiger partial charge in [0.1, 0.15) is 0 Å². The van der Waals surface area contributed by atoms with Crippen LogP contribution in [0.1, 0.15) is 5.56 Å². The van der Waals surface area contributed by atoms with E-state index in [2.05, 4.69) is 10.3 Å². The number of benzene rings is 1. The van der Waals surface area contributed by atoms with E-state index in [1.54, 1.807) is 11.3 Å². The van der Waals surface area contributed by atoms with Gasteiger partial charge in [0.2, 0.25) is 0 Å². The van der Waals surface area contributed by atoms with E-state index in [0.717, 1.165) is 21.2 Å². The van der Waals surface area contributed by atoms with Crippen molar-refractivity contribution in [2.75, 3.05) is 12.4 Å². The topological polar surface area (TPSA) is 24.9 Å². The molecule has 0 saturated carbocycles. The molecular weight excluding hydrogens is 204 g/mol. The third-order valence-electron chi connectivity index (χ3n) is 1.96. The van der Waals surface area contributed by atoms with E-state index in [-0.39, 0.29) is 0 Å². The fourth-order valence-electron chi connectivity index (χ4n) is 1.21. The molecule has 1 aromatic carbocycles. The molecule has 2 aromatic rings. The number of fused-ring (bicyclic) bond motifs is 1. The van der Waals surface area contributed by atoms with Crippen molar-refractivity contribution >= 4 is 38.3 Å². The molecule has 0 unspecified atom stereocenters. The summed E-state index contributed by atoms with van der Waals surface area (Å²) in [7, 11) is 1.87. The minimum Gasteiger partial charge on any atom is -0.365 e. The van der Waals surface area contributed by atoms with E-state index in [4.69, 9.17) is 11.6 Å². The molecule has 0 aliphatic carbocycles. The van der Waals surface area contributed by atoms with Crippen molar-refractivity contribution in [2.24, 2.45) is 0 Å². The summed E-state index contributed by atoms with van der Waals surface area (Å²) in [5.41, 5.74) is 2.05. The molecule has 1 N–H and O–H groups in total. The fourth-order valence-corrected chi connectivity index (χ4v) is 2.24. The molecule has 0 aliphatic heterocycles. The molecule has 0 atom stereocenters. The number of aromatic nitrogens is 1. The number of aryl methyl sites for hydroxylation is 1. The van der Waals surface area contributed by atoms with Gasteiger partial charge in [-0.3, -0.25) is 0 Å². The zero-order valence-electron chi connectivity index (χ0n) is 7.39. The monoisotopic (exact) mass is 212 g/mol. The summed E-state index contributed by atoms with van der Waals surface area (Å²) < 4.78 is 1.17. The van der Waals surface area contributed by atoms with Crippen LogP contribution in [0.15, 0.2) is 12.1 Å². The Bertz CT molecular complexity index is 450. The van der Waals surface area contributed by atoms with E-state index in [1.807, 2.05) is 26.1 Å².